The average Bonchev–Trinajstić information content (AvgIpc) is 2.81. The van der Waals surface area contributed by atoms with Gasteiger partial charge < -0.3 is 4.90 Å². The summed E-state index contributed by atoms with van der Waals surface area (Å²) in [6.07, 6.45) is 0. The fraction of sp³-hybridized carbons (Fsp3) is 0.231. The SMILES string of the molecule is CN(Cc1cccs1)c1ccc(CCl)cc1Br. The van der Waals surface area contributed by atoms with Crippen LogP contribution >= 0.6 is 38.9 Å². The largest absolute Gasteiger partial charge is 0.369 e. The van der Waals surface area contributed by atoms with Crippen LogP contribution in [0.15, 0.2) is 40.2 Å². The Labute approximate surface area is 119 Å². The Hall–Kier alpha value is -0.510. The van der Waals surface area contributed by atoms with Gasteiger partial charge in [-0.2, -0.15) is 0 Å². The molecule has 2 aromatic rings. The number of rotatable bonds is 4. The van der Waals surface area contributed by atoms with E-state index < -0.39 is 0 Å². The molecule has 1 heterocycles. The van der Waals surface area contributed by atoms with Gasteiger partial charge in [-0.3, -0.25) is 0 Å². The molecule has 0 aliphatic rings. The molecule has 0 saturated carbocycles. The lowest BCUT2D eigenvalue weighted by atomic mass is 10.2. The van der Waals surface area contributed by atoms with Gasteiger partial charge in [-0.1, -0.05) is 12.1 Å². The van der Waals surface area contributed by atoms with Crippen molar-refractivity contribution in [1.82, 2.24) is 0 Å². The second kappa shape index (κ2) is 5.89. The monoisotopic (exact) mass is 329 g/mol. The Bertz CT molecular complexity index is 484. The van der Waals surface area contributed by atoms with Gasteiger partial charge in [-0.25, -0.2) is 0 Å². The van der Waals surface area contributed by atoms with E-state index in [1.165, 1.54) is 10.6 Å². The molecule has 0 aliphatic carbocycles. The predicted molar refractivity (Wildman–Crippen MR) is 80.1 cm³/mol. The number of alkyl halides is 1. The average molecular weight is 331 g/mol. The van der Waals surface area contributed by atoms with Crippen molar-refractivity contribution in [3.05, 3.63) is 50.6 Å². The van der Waals surface area contributed by atoms with E-state index in [-0.39, 0.29) is 0 Å². The molecule has 0 spiro atoms. The fourth-order valence-corrected chi connectivity index (χ4v) is 3.32. The molecular weight excluding hydrogens is 318 g/mol. The van der Waals surface area contributed by atoms with Crippen molar-refractivity contribution < 1.29 is 0 Å². The predicted octanol–water partition coefficient (Wildman–Crippen LogP) is 4.89. The zero-order valence-corrected chi connectivity index (χ0v) is 12.6. The number of benzene rings is 1. The standard InChI is InChI=1S/C13H13BrClNS/c1-16(9-11-3-2-6-17-11)13-5-4-10(8-15)7-12(13)14/h2-7H,8-9H2,1H3. The van der Waals surface area contributed by atoms with Crippen molar-refractivity contribution >= 4 is 44.6 Å². The molecule has 1 nitrogen and oxygen atoms in total. The van der Waals surface area contributed by atoms with E-state index in [1.54, 1.807) is 11.3 Å². The molecular formula is C13H13BrClNS. The van der Waals surface area contributed by atoms with Crippen LogP contribution < -0.4 is 4.90 Å². The summed E-state index contributed by atoms with van der Waals surface area (Å²) in [5.41, 5.74) is 2.32. The fourth-order valence-electron chi connectivity index (χ4n) is 1.66. The molecule has 0 N–H and O–H groups in total. The lowest BCUT2D eigenvalue weighted by Gasteiger charge is -2.20. The molecule has 0 unspecified atom stereocenters. The summed E-state index contributed by atoms with van der Waals surface area (Å²) in [4.78, 5) is 3.59. The van der Waals surface area contributed by atoms with Crippen molar-refractivity contribution in [2.45, 2.75) is 12.4 Å². The van der Waals surface area contributed by atoms with Crippen molar-refractivity contribution in [2.75, 3.05) is 11.9 Å². The van der Waals surface area contributed by atoms with Crippen LogP contribution in [-0.2, 0) is 12.4 Å². The number of anilines is 1. The molecule has 1 aromatic heterocycles. The minimum atomic E-state index is 0.549. The van der Waals surface area contributed by atoms with E-state index >= 15 is 0 Å². The van der Waals surface area contributed by atoms with E-state index in [9.17, 15) is 0 Å². The molecule has 0 aliphatic heterocycles. The van der Waals surface area contributed by atoms with Crippen LogP contribution in [0.3, 0.4) is 0 Å². The number of hydrogen-bond acceptors (Lipinski definition) is 2. The summed E-state index contributed by atoms with van der Waals surface area (Å²) in [6, 6.07) is 10.5. The summed E-state index contributed by atoms with van der Waals surface area (Å²) in [5.74, 6) is 0.549. The van der Waals surface area contributed by atoms with E-state index in [0.29, 0.717) is 5.88 Å². The Morgan fingerprint density at radius 1 is 1.35 bits per heavy atom. The second-order valence-electron chi connectivity index (χ2n) is 3.85. The highest BCUT2D eigenvalue weighted by Crippen LogP contribution is 2.28. The van der Waals surface area contributed by atoms with E-state index in [4.69, 9.17) is 11.6 Å². The van der Waals surface area contributed by atoms with E-state index in [2.05, 4.69) is 63.6 Å². The van der Waals surface area contributed by atoms with Crippen LogP contribution in [0.4, 0.5) is 5.69 Å². The molecule has 0 amide bonds. The minimum absolute atomic E-state index is 0.549. The highest BCUT2D eigenvalue weighted by molar-refractivity contribution is 9.10. The van der Waals surface area contributed by atoms with Gasteiger partial charge in [0, 0.05) is 22.3 Å². The van der Waals surface area contributed by atoms with Crippen LogP contribution in [0.5, 0.6) is 0 Å². The Kier molecular flexibility index (Phi) is 4.48. The number of halogens is 2. The van der Waals surface area contributed by atoms with Crippen LogP contribution in [0.2, 0.25) is 0 Å². The highest BCUT2D eigenvalue weighted by Gasteiger charge is 2.07. The van der Waals surface area contributed by atoms with Crippen molar-refractivity contribution in [2.24, 2.45) is 0 Å². The van der Waals surface area contributed by atoms with Gasteiger partial charge in [-0.05, 0) is 45.1 Å². The van der Waals surface area contributed by atoms with Gasteiger partial charge in [0.2, 0.25) is 0 Å². The first kappa shape index (κ1) is 12.9. The van der Waals surface area contributed by atoms with Gasteiger partial charge in [0.25, 0.3) is 0 Å². The zero-order valence-electron chi connectivity index (χ0n) is 9.49. The first-order valence-electron chi connectivity index (χ1n) is 5.28. The maximum absolute atomic E-state index is 5.81. The quantitative estimate of drug-likeness (QED) is 0.722. The van der Waals surface area contributed by atoms with E-state index in [1.807, 2.05) is 0 Å². The molecule has 1 aromatic carbocycles. The van der Waals surface area contributed by atoms with E-state index in [0.717, 1.165) is 16.6 Å². The molecule has 0 bridgehead atoms. The Morgan fingerprint density at radius 3 is 2.76 bits per heavy atom. The minimum Gasteiger partial charge on any atom is -0.369 e. The first-order valence-corrected chi connectivity index (χ1v) is 7.49. The summed E-state index contributed by atoms with van der Waals surface area (Å²) in [5, 5.41) is 2.11. The van der Waals surface area contributed by atoms with Gasteiger partial charge >= 0.3 is 0 Å². The lowest BCUT2D eigenvalue weighted by molar-refractivity contribution is 0.936. The van der Waals surface area contributed by atoms with Gasteiger partial charge in [-0.15, -0.1) is 22.9 Å². The second-order valence-corrected chi connectivity index (χ2v) is 6.01. The molecule has 17 heavy (non-hydrogen) atoms. The third-order valence-electron chi connectivity index (χ3n) is 2.55. The third-order valence-corrected chi connectivity index (χ3v) is 4.36. The molecule has 4 heteroatoms. The summed E-state index contributed by atoms with van der Waals surface area (Å²) >= 11 is 11.2. The van der Waals surface area contributed by atoms with Gasteiger partial charge in [0.15, 0.2) is 0 Å². The molecule has 2 rings (SSSR count). The molecule has 90 valence electrons. The maximum atomic E-state index is 5.81. The van der Waals surface area contributed by atoms with Crippen molar-refractivity contribution in [1.29, 1.82) is 0 Å². The highest BCUT2D eigenvalue weighted by atomic mass is 79.9. The topological polar surface area (TPSA) is 3.24 Å². The summed E-state index contributed by atoms with van der Waals surface area (Å²) < 4.78 is 1.09. The van der Waals surface area contributed by atoms with Crippen LogP contribution in [0.1, 0.15) is 10.4 Å². The van der Waals surface area contributed by atoms with Crippen molar-refractivity contribution in [3.63, 3.8) is 0 Å². The lowest BCUT2D eigenvalue weighted by Crippen LogP contribution is -2.16. The molecule has 0 radical (unpaired) electrons. The van der Waals surface area contributed by atoms with Crippen LogP contribution in [0.25, 0.3) is 0 Å². The first-order chi connectivity index (χ1) is 8.20. The number of nitrogens with zero attached hydrogens (tertiary/aromatic N) is 1. The zero-order chi connectivity index (χ0) is 12.3. The van der Waals surface area contributed by atoms with Crippen LogP contribution in [-0.4, -0.2) is 7.05 Å². The third kappa shape index (κ3) is 3.24. The Morgan fingerprint density at radius 2 is 2.18 bits per heavy atom. The molecule has 0 saturated heterocycles. The van der Waals surface area contributed by atoms with Gasteiger partial charge in [0.05, 0.1) is 12.2 Å². The molecule has 0 atom stereocenters. The van der Waals surface area contributed by atoms with Crippen molar-refractivity contribution in [3.8, 4) is 0 Å². The smallest absolute Gasteiger partial charge is 0.0519 e. The van der Waals surface area contributed by atoms with Crippen LogP contribution in [0, 0.1) is 0 Å². The molecule has 0 fully saturated rings. The normalized spacial score (nSPS) is 10.5. The van der Waals surface area contributed by atoms with Gasteiger partial charge in [0.1, 0.15) is 0 Å². The maximum Gasteiger partial charge on any atom is 0.0519 e. The number of hydrogen-bond donors (Lipinski definition) is 0. The number of thiophene rings is 1. The summed E-state index contributed by atoms with van der Waals surface area (Å²) in [6.45, 7) is 0.927. The summed E-state index contributed by atoms with van der Waals surface area (Å²) in [7, 11) is 2.10. The Balaban J connectivity index is 2.16.